The van der Waals surface area contributed by atoms with Crippen molar-refractivity contribution in [3.63, 3.8) is 0 Å². The molecule has 1 rings (SSSR count). The van der Waals surface area contributed by atoms with Gasteiger partial charge in [0.15, 0.2) is 9.84 Å². The van der Waals surface area contributed by atoms with Gasteiger partial charge in [0.2, 0.25) is 0 Å². The minimum absolute atomic E-state index is 0.114. The van der Waals surface area contributed by atoms with E-state index in [-0.39, 0.29) is 6.54 Å². The van der Waals surface area contributed by atoms with Gasteiger partial charge in [-0.1, -0.05) is 26.0 Å². The number of rotatable bonds is 5. The largest absolute Gasteiger partial charge is 0.329 e. The second-order valence-electron chi connectivity index (χ2n) is 5.71. The topological polar surface area (TPSA) is 60.2 Å². The van der Waals surface area contributed by atoms with Crippen molar-refractivity contribution in [3.8, 4) is 0 Å². The molecule has 1 aromatic rings. The standard InChI is InChI=1S/C14H23NO2S/c1-11(2)9-12-5-7-13(8-6-12)18(16,17)14(3,4)10-15/h5-8,11H,9-10,15H2,1-4H3. The highest BCUT2D eigenvalue weighted by atomic mass is 32.2. The number of benzene rings is 1. The molecule has 4 heteroatoms. The van der Waals surface area contributed by atoms with Crippen LogP contribution in [0.25, 0.3) is 0 Å². The molecule has 0 saturated heterocycles. The van der Waals surface area contributed by atoms with Crippen LogP contribution in [0.1, 0.15) is 33.3 Å². The molecule has 0 unspecified atom stereocenters. The van der Waals surface area contributed by atoms with Crippen LogP contribution < -0.4 is 5.73 Å². The molecular formula is C14H23NO2S. The van der Waals surface area contributed by atoms with Gasteiger partial charge >= 0.3 is 0 Å². The van der Waals surface area contributed by atoms with Gasteiger partial charge in [0.1, 0.15) is 0 Å². The van der Waals surface area contributed by atoms with Crippen LogP contribution in [-0.2, 0) is 16.3 Å². The molecule has 0 radical (unpaired) electrons. The molecule has 0 aliphatic heterocycles. The second kappa shape index (κ2) is 5.41. The maximum absolute atomic E-state index is 12.3. The highest BCUT2D eigenvalue weighted by Gasteiger charge is 2.34. The summed E-state index contributed by atoms with van der Waals surface area (Å²) in [7, 11) is -3.36. The predicted molar refractivity (Wildman–Crippen MR) is 75.3 cm³/mol. The van der Waals surface area contributed by atoms with Gasteiger partial charge in [-0.3, -0.25) is 0 Å². The first-order valence-corrected chi connectivity index (χ1v) is 7.72. The first kappa shape index (κ1) is 15.2. The zero-order valence-corrected chi connectivity index (χ0v) is 12.4. The molecule has 0 heterocycles. The summed E-state index contributed by atoms with van der Waals surface area (Å²) >= 11 is 0. The van der Waals surface area contributed by atoms with Crippen molar-refractivity contribution < 1.29 is 8.42 Å². The van der Waals surface area contributed by atoms with Crippen LogP contribution in [0.4, 0.5) is 0 Å². The Labute approximate surface area is 110 Å². The van der Waals surface area contributed by atoms with Crippen LogP contribution >= 0.6 is 0 Å². The van der Waals surface area contributed by atoms with E-state index in [1.54, 1.807) is 26.0 Å². The van der Waals surface area contributed by atoms with E-state index < -0.39 is 14.6 Å². The molecule has 0 aliphatic rings. The normalized spacial score (nSPS) is 13.0. The molecule has 0 aliphatic carbocycles. The Hall–Kier alpha value is -0.870. The van der Waals surface area contributed by atoms with Crippen LogP contribution in [-0.4, -0.2) is 19.7 Å². The average molecular weight is 269 g/mol. The molecule has 2 N–H and O–H groups in total. The fraction of sp³-hybridized carbons (Fsp3) is 0.571. The third kappa shape index (κ3) is 3.12. The van der Waals surface area contributed by atoms with E-state index in [0.717, 1.165) is 12.0 Å². The summed E-state index contributed by atoms with van der Waals surface area (Å²) in [6.07, 6.45) is 0.959. The summed E-state index contributed by atoms with van der Waals surface area (Å²) in [6.45, 7) is 7.71. The molecule has 0 amide bonds. The Morgan fingerprint density at radius 3 is 2.06 bits per heavy atom. The van der Waals surface area contributed by atoms with Gasteiger partial charge in [0, 0.05) is 6.54 Å². The third-order valence-electron chi connectivity index (χ3n) is 3.10. The van der Waals surface area contributed by atoms with Gasteiger partial charge in [-0.05, 0) is 43.9 Å². The highest BCUT2D eigenvalue weighted by molar-refractivity contribution is 7.92. The summed E-state index contributed by atoms with van der Waals surface area (Å²) in [5.41, 5.74) is 6.71. The molecule has 0 fully saturated rings. The van der Waals surface area contributed by atoms with Gasteiger partial charge in [-0.25, -0.2) is 8.42 Å². The molecule has 3 nitrogen and oxygen atoms in total. The lowest BCUT2D eigenvalue weighted by atomic mass is 10.0. The Kier molecular flexibility index (Phi) is 4.56. The van der Waals surface area contributed by atoms with Crippen LogP contribution in [0.5, 0.6) is 0 Å². The zero-order valence-electron chi connectivity index (χ0n) is 11.6. The van der Waals surface area contributed by atoms with E-state index in [9.17, 15) is 8.42 Å². The fourth-order valence-electron chi connectivity index (χ4n) is 1.70. The minimum Gasteiger partial charge on any atom is -0.329 e. The van der Waals surface area contributed by atoms with Gasteiger partial charge in [-0.15, -0.1) is 0 Å². The number of hydrogen-bond acceptors (Lipinski definition) is 3. The summed E-state index contributed by atoms with van der Waals surface area (Å²) in [4.78, 5) is 0.352. The van der Waals surface area contributed by atoms with Crippen molar-refractivity contribution in [3.05, 3.63) is 29.8 Å². The van der Waals surface area contributed by atoms with Crippen molar-refractivity contribution in [1.29, 1.82) is 0 Å². The van der Waals surface area contributed by atoms with E-state index in [0.29, 0.717) is 10.8 Å². The van der Waals surface area contributed by atoms with Gasteiger partial charge in [-0.2, -0.15) is 0 Å². The van der Waals surface area contributed by atoms with Crippen molar-refractivity contribution >= 4 is 9.84 Å². The molecule has 18 heavy (non-hydrogen) atoms. The first-order chi connectivity index (χ1) is 8.20. The molecule has 0 spiro atoms. The third-order valence-corrected chi connectivity index (χ3v) is 5.61. The maximum atomic E-state index is 12.3. The van der Waals surface area contributed by atoms with Crippen molar-refractivity contribution in [2.24, 2.45) is 11.7 Å². The molecule has 0 saturated carbocycles. The minimum atomic E-state index is -3.36. The lowest BCUT2D eigenvalue weighted by Crippen LogP contribution is -2.39. The van der Waals surface area contributed by atoms with E-state index in [4.69, 9.17) is 5.73 Å². The Bertz CT molecular complexity index is 487. The van der Waals surface area contributed by atoms with Crippen LogP contribution in [0, 0.1) is 5.92 Å². The SMILES string of the molecule is CC(C)Cc1ccc(S(=O)(=O)C(C)(C)CN)cc1. The molecule has 1 aromatic carbocycles. The van der Waals surface area contributed by atoms with E-state index in [1.807, 2.05) is 12.1 Å². The zero-order chi connectivity index (χ0) is 14.0. The molecule has 102 valence electrons. The Morgan fingerprint density at radius 1 is 1.17 bits per heavy atom. The van der Waals surface area contributed by atoms with Crippen molar-refractivity contribution in [2.45, 2.75) is 43.8 Å². The van der Waals surface area contributed by atoms with Crippen molar-refractivity contribution in [2.75, 3.05) is 6.54 Å². The van der Waals surface area contributed by atoms with Crippen LogP contribution in [0.2, 0.25) is 0 Å². The quantitative estimate of drug-likeness (QED) is 0.893. The summed E-state index contributed by atoms with van der Waals surface area (Å²) < 4.78 is 23.8. The number of nitrogens with two attached hydrogens (primary N) is 1. The number of hydrogen-bond donors (Lipinski definition) is 1. The predicted octanol–water partition coefficient (Wildman–Crippen LogP) is 2.40. The monoisotopic (exact) mass is 269 g/mol. The number of sulfone groups is 1. The lowest BCUT2D eigenvalue weighted by Gasteiger charge is -2.22. The molecule has 0 atom stereocenters. The second-order valence-corrected chi connectivity index (χ2v) is 8.29. The molecule has 0 aromatic heterocycles. The highest BCUT2D eigenvalue weighted by Crippen LogP contribution is 2.25. The van der Waals surface area contributed by atoms with Gasteiger partial charge in [0.25, 0.3) is 0 Å². The Balaban J connectivity index is 3.06. The average Bonchev–Trinajstić information content (AvgIpc) is 2.28. The van der Waals surface area contributed by atoms with E-state index >= 15 is 0 Å². The van der Waals surface area contributed by atoms with E-state index in [1.165, 1.54) is 0 Å². The summed E-state index contributed by atoms with van der Waals surface area (Å²) in [5, 5.41) is 0. The first-order valence-electron chi connectivity index (χ1n) is 6.24. The van der Waals surface area contributed by atoms with Gasteiger partial charge in [0.05, 0.1) is 9.64 Å². The van der Waals surface area contributed by atoms with Crippen LogP contribution in [0.15, 0.2) is 29.2 Å². The smallest absolute Gasteiger partial charge is 0.184 e. The van der Waals surface area contributed by atoms with Crippen molar-refractivity contribution in [1.82, 2.24) is 0 Å². The maximum Gasteiger partial charge on any atom is 0.184 e. The summed E-state index contributed by atoms with van der Waals surface area (Å²) in [6, 6.07) is 7.15. The van der Waals surface area contributed by atoms with Crippen LogP contribution in [0.3, 0.4) is 0 Å². The molecule has 0 bridgehead atoms. The molecular weight excluding hydrogens is 246 g/mol. The summed E-state index contributed by atoms with van der Waals surface area (Å²) in [5.74, 6) is 0.563. The van der Waals surface area contributed by atoms with E-state index in [2.05, 4.69) is 13.8 Å². The van der Waals surface area contributed by atoms with Gasteiger partial charge < -0.3 is 5.73 Å². The lowest BCUT2D eigenvalue weighted by molar-refractivity contribution is 0.549. The Morgan fingerprint density at radius 2 is 1.67 bits per heavy atom. The fourth-order valence-corrected chi connectivity index (χ4v) is 3.06.